The van der Waals surface area contributed by atoms with E-state index >= 15 is 0 Å². The molecule has 0 bridgehead atoms. The Morgan fingerprint density at radius 3 is 2.72 bits per heavy atom. The number of anilines is 2. The molecule has 126 valence electrons. The maximum Gasteiger partial charge on any atom is 0.135 e. The van der Waals surface area contributed by atoms with E-state index in [9.17, 15) is 0 Å². The molecule has 0 amide bonds. The number of hydrogen-bond donors (Lipinski definition) is 2. The summed E-state index contributed by atoms with van der Waals surface area (Å²) in [6.07, 6.45) is 5.90. The van der Waals surface area contributed by atoms with E-state index < -0.39 is 0 Å². The minimum Gasteiger partial charge on any atom is -0.340 e. The largest absolute Gasteiger partial charge is 0.340 e. The Kier molecular flexibility index (Phi) is 4.65. The fourth-order valence-corrected chi connectivity index (χ4v) is 3.12. The second-order valence-corrected chi connectivity index (χ2v) is 6.27. The molecule has 3 heterocycles. The van der Waals surface area contributed by atoms with Crippen molar-refractivity contribution in [2.75, 3.05) is 18.4 Å². The Hall–Kier alpha value is -2.79. The quantitative estimate of drug-likeness (QED) is 0.762. The lowest BCUT2D eigenvalue weighted by molar-refractivity contribution is 0.447. The lowest BCUT2D eigenvalue weighted by atomic mass is 9.98. The average Bonchev–Trinajstić information content (AvgIpc) is 2.70. The predicted molar refractivity (Wildman–Crippen MR) is 99.8 cm³/mol. The molecule has 25 heavy (non-hydrogen) atoms. The van der Waals surface area contributed by atoms with Crippen molar-refractivity contribution >= 4 is 11.5 Å². The van der Waals surface area contributed by atoms with Gasteiger partial charge in [0.2, 0.25) is 0 Å². The lowest BCUT2D eigenvalue weighted by Crippen LogP contribution is -2.29. The summed E-state index contributed by atoms with van der Waals surface area (Å²) in [7, 11) is 0. The molecule has 4 rings (SSSR count). The Morgan fingerprint density at radius 1 is 1.04 bits per heavy atom. The fourth-order valence-electron chi connectivity index (χ4n) is 3.12. The molecule has 1 saturated heterocycles. The average molecular weight is 331 g/mol. The van der Waals surface area contributed by atoms with Gasteiger partial charge < -0.3 is 10.6 Å². The zero-order valence-electron chi connectivity index (χ0n) is 14.0. The van der Waals surface area contributed by atoms with E-state index in [2.05, 4.69) is 15.6 Å². The van der Waals surface area contributed by atoms with Crippen molar-refractivity contribution in [3.05, 3.63) is 66.7 Å². The third kappa shape index (κ3) is 3.83. The highest BCUT2D eigenvalue weighted by molar-refractivity contribution is 5.65. The first kappa shape index (κ1) is 15.7. The van der Waals surface area contributed by atoms with Crippen molar-refractivity contribution in [3.8, 4) is 11.3 Å². The highest BCUT2D eigenvalue weighted by atomic mass is 15.0. The normalized spacial score (nSPS) is 17.2. The van der Waals surface area contributed by atoms with Crippen LogP contribution in [0, 0.1) is 0 Å². The summed E-state index contributed by atoms with van der Waals surface area (Å²) in [5.74, 6) is 2.06. The Labute approximate surface area is 147 Å². The van der Waals surface area contributed by atoms with Gasteiger partial charge in [-0.1, -0.05) is 18.2 Å². The van der Waals surface area contributed by atoms with E-state index in [1.165, 1.54) is 0 Å². The van der Waals surface area contributed by atoms with E-state index in [0.717, 1.165) is 54.5 Å². The minimum atomic E-state index is 0.349. The van der Waals surface area contributed by atoms with Gasteiger partial charge in [0.25, 0.3) is 0 Å². The molecule has 0 spiro atoms. The van der Waals surface area contributed by atoms with Crippen molar-refractivity contribution in [1.82, 2.24) is 20.3 Å². The molecule has 5 heteroatoms. The van der Waals surface area contributed by atoms with E-state index in [1.807, 2.05) is 54.7 Å². The number of nitrogens with one attached hydrogen (secondary N) is 2. The lowest BCUT2D eigenvalue weighted by Gasteiger charge is -2.22. The van der Waals surface area contributed by atoms with Crippen molar-refractivity contribution in [2.45, 2.75) is 18.8 Å². The fraction of sp³-hybridized carbons (Fsp3) is 0.250. The summed E-state index contributed by atoms with van der Waals surface area (Å²) in [6, 6.07) is 16.1. The SMILES string of the molecule is c1ccc(Nc2cc(-c3cccnc3)nc([C@H]3CCCNC3)n2)cc1. The van der Waals surface area contributed by atoms with Crippen LogP contribution >= 0.6 is 0 Å². The highest BCUT2D eigenvalue weighted by Crippen LogP contribution is 2.26. The number of piperidine rings is 1. The number of hydrogen-bond acceptors (Lipinski definition) is 5. The van der Waals surface area contributed by atoms with Crippen LogP contribution in [-0.4, -0.2) is 28.0 Å². The van der Waals surface area contributed by atoms with Gasteiger partial charge in [-0.25, -0.2) is 9.97 Å². The van der Waals surface area contributed by atoms with E-state index in [0.29, 0.717) is 5.92 Å². The van der Waals surface area contributed by atoms with Crippen molar-refractivity contribution < 1.29 is 0 Å². The molecule has 1 fully saturated rings. The maximum absolute atomic E-state index is 4.84. The molecule has 1 aromatic carbocycles. The van der Waals surface area contributed by atoms with Crippen molar-refractivity contribution in [3.63, 3.8) is 0 Å². The first-order valence-corrected chi connectivity index (χ1v) is 8.71. The first-order chi connectivity index (χ1) is 12.4. The predicted octanol–water partition coefficient (Wildman–Crippen LogP) is 3.75. The summed E-state index contributed by atoms with van der Waals surface area (Å²) in [5.41, 5.74) is 2.93. The first-order valence-electron chi connectivity index (χ1n) is 8.71. The van der Waals surface area contributed by atoms with Crippen LogP contribution in [0.25, 0.3) is 11.3 Å². The zero-order valence-corrected chi connectivity index (χ0v) is 14.0. The molecule has 0 radical (unpaired) electrons. The number of para-hydroxylation sites is 1. The van der Waals surface area contributed by atoms with Crippen LogP contribution in [0.2, 0.25) is 0 Å². The number of pyridine rings is 1. The minimum absolute atomic E-state index is 0.349. The van der Waals surface area contributed by atoms with Crippen LogP contribution in [-0.2, 0) is 0 Å². The van der Waals surface area contributed by atoms with Crippen molar-refractivity contribution in [2.24, 2.45) is 0 Å². The summed E-state index contributed by atoms with van der Waals surface area (Å²) in [5, 5.41) is 6.85. The second-order valence-electron chi connectivity index (χ2n) is 6.27. The molecule has 1 aliphatic rings. The van der Waals surface area contributed by atoms with Gasteiger partial charge in [0.05, 0.1) is 5.69 Å². The molecule has 1 aliphatic heterocycles. The number of rotatable bonds is 4. The van der Waals surface area contributed by atoms with Crippen LogP contribution in [0.1, 0.15) is 24.6 Å². The van der Waals surface area contributed by atoms with Crippen molar-refractivity contribution in [1.29, 1.82) is 0 Å². The number of aromatic nitrogens is 3. The molecule has 1 atom stereocenters. The number of nitrogens with zero attached hydrogens (tertiary/aromatic N) is 3. The van der Waals surface area contributed by atoms with Crippen LogP contribution in [0.3, 0.4) is 0 Å². The smallest absolute Gasteiger partial charge is 0.135 e. The molecule has 0 aliphatic carbocycles. The maximum atomic E-state index is 4.84. The molecular weight excluding hydrogens is 310 g/mol. The van der Waals surface area contributed by atoms with Gasteiger partial charge in [-0.3, -0.25) is 4.98 Å². The van der Waals surface area contributed by atoms with E-state index in [1.54, 1.807) is 6.20 Å². The molecule has 3 aromatic rings. The van der Waals surface area contributed by atoms with Gasteiger partial charge in [0.15, 0.2) is 0 Å². The molecule has 2 aromatic heterocycles. The van der Waals surface area contributed by atoms with Gasteiger partial charge in [-0.2, -0.15) is 0 Å². The van der Waals surface area contributed by atoms with Crippen LogP contribution in [0.4, 0.5) is 11.5 Å². The summed E-state index contributed by atoms with van der Waals surface area (Å²) in [4.78, 5) is 13.9. The van der Waals surface area contributed by atoms with E-state index in [-0.39, 0.29) is 0 Å². The molecular formula is C20H21N5. The Bertz CT molecular complexity index is 814. The highest BCUT2D eigenvalue weighted by Gasteiger charge is 2.19. The zero-order chi connectivity index (χ0) is 16.9. The third-order valence-electron chi connectivity index (χ3n) is 4.41. The summed E-state index contributed by atoms with van der Waals surface area (Å²) < 4.78 is 0. The third-order valence-corrected chi connectivity index (χ3v) is 4.41. The van der Waals surface area contributed by atoms with Crippen LogP contribution in [0.5, 0.6) is 0 Å². The summed E-state index contributed by atoms with van der Waals surface area (Å²) >= 11 is 0. The Balaban J connectivity index is 1.72. The molecule has 0 unspecified atom stereocenters. The monoisotopic (exact) mass is 331 g/mol. The van der Waals surface area contributed by atoms with Crippen LogP contribution < -0.4 is 10.6 Å². The van der Waals surface area contributed by atoms with Gasteiger partial charge in [-0.05, 0) is 43.7 Å². The van der Waals surface area contributed by atoms with Gasteiger partial charge in [0, 0.05) is 42.2 Å². The van der Waals surface area contributed by atoms with Crippen LogP contribution in [0.15, 0.2) is 60.9 Å². The Morgan fingerprint density at radius 2 is 1.96 bits per heavy atom. The van der Waals surface area contributed by atoms with Gasteiger partial charge in [0.1, 0.15) is 11.6 Å². The van der Waals surface area contributed by atoms with E-state index in [4.69, 9.17) is 9.97 Å². The van der Waals surface area contributed by atoms with Gasteiger partial charge in [-0.15, -0.1) is 0 Å². The second kappa shape index (κ2) is 7.40. The molecule has 0 saturated carbocycles. The topological polar surface area (TPSA) is 62.7 Å². The standard InChI is InChI=1S/C20H21N5/c1-2-8-17(9-3-1)23-19-12-18(15-6-4-10-21-13-15)24-20(25-19)16-7-5-11-22-14-16/h1-4,6,8-10,12-13,16,22H,5,7,11,14H2,(H,23,24,25)/t16-/m0/s1. The van der Waals surface area contributed by atoms with Gasteiger partial charge >= 0.3 is 0 Å². The molecule has 2 N–H and O–H groups in total. The molecule has 5 nitrogen and oxygen atoms in total. The summed E-state index contributed by atoms with van der Waals surface area (Å²) in [6.45, 7) is 2.01. The number of benzene rings is 1.